The Hall–Kier alpha value is -1.40. The van der Waals surface area contributed by atoms with Gasteiger partial charge in [-0.25, -0.2) is 4.39 Å². The highest BCUT2D eigenvalue weighted by atomic mass is 79.9. The Labute approximate surface area is 128 Å². The fraction of sp³-hybridized carbons (Fsp3) is 0.200. The Bertz CT molecular complexity index is 640. The molecule has 1 nitrogen and oxygen atoms in total. The molecule has 0 fully saturated rings. The van der Waals surface area contributed by atoms with Gasteiger partial charge in [-0.2, -0.15) is 13.2 Å². The van der Waals surface area contributed by atoms with Crippen LogP contribution in [0.4, 0.5) is 17.6 Å². The van der Waals surface area contributed by atoms with Crippen LogP contribution in [0.25, 0.3) is 0 Å². The van der Waals surface area contributed by atoms with Crippen LogP contribution in [0.2, 0.25) is 0 Å². The smallest absolute Gasteiger partial charge is 0.309 e. The molecule has 0 radical (unpaired) electrons. The van der Waals surface area contributed by atoms with Crippen molar-refractivity contribution in [2.45, 2.75) is 12.2 Å². The lowest BCUT2D eigenvalue weighted by molar-refractivity contribution is -0.138. The second-order valence-corrected chi connectivity index (χ2v) is 5.37. The summed E-state index contributed by atoms with van der Waals surface area (Å²) in [7, 11) is 1.62. The monoisotopic (exact) mass is 361 g/mol. The van der Waals surface area contributed by atoms with Crippen LogP contribution in [0.3, 0.4) is 0 Å². The number of benzene rings is 2. The first-order valence-electron chi connectivity index (χ1n) is 6.12. The third-order valence-corrected chi connectivity index (χ3v) is 3.79. The highest BCUT2D eigenvalue weighted by molar-refractivity contribution is 9.10. The molecule has 0 aliphatic carbocycles. The average molecular weight is 362 g/mol. The summed E-state index contributed by atoms with van der Waals surface area (Å²) in [5, 5.41) is 2.91. The van der Waals surface area contributed by atoms with Crippen molar-refractivity contribution in [3.05, 3.63) is 69.4 Å². The molecule has 2 aromatic carbocycles. The second kappa shape index (κ2) is 6.15. The Morgan fingerprint density at radius 1 is 1.05 bits per heavy atom. The first-order chi connectivity index (χ1) is 9.82. The van der Waals surface area contributed by atoms with E-state index in [1.165, 1.54) is 24.3 Å². The molecule has 0 amide bonds. The highest BCUT2D eigenvalue weighted by Gasteiger charge is 2.33. The topological polar surface area (TPSA) is 12.0 Å². The van der Waals surface area contributed by atoms with E-state index in [4.69, 9.17) is 0 Å². The second-order valence-electron chi connectivity index (χ2n) is 4.51. The molecule has 0 spiro atoms. The van der Waals surface area contributed by atoms with Gasteiger partial charge in [-0.3, -0.25) is 0 Å². The van der Waals surface area contributed by atoms with E-state index in [0.717, 1.165) is 6.07 Å². The first-order valence-corrected chi connectivity index (χ1v) is 6.91. The number of hydrogen-bond acceptors (Lipinski definition) is 1. The highest BCUT2D eigenvalue weighted by Crippen LogP contribution is 2.37. The molecule has 0 heterocycles. The van der Waals surface area contributed by atoms with Crippen LogP contribution in [0.5, 0.6) is 0 Å². The molecule has 2 aromatic rings. The summed E-state index contributed by atoms with van der Waals surface area (Å²) < 4.78 is 52.1. The van der Waals surface area contributed by atoms with Gasteiger partial charge < -0.3 is 5.32 Å². The molecule has 0 bridgehead atoms. The van der Waals surface area contributed by atoms with Gasteiger partial charge in [-0.05, 0) is 42.4 Å². The molecule has 0 saturated heterocycles. The van der Waals surface area contributed by atoms with Crippen molar-refractivity contribution in [2.75, 3.05) is 7.05 Å². The van der Waals surface area contributed by atoms with Crippen LogP contribution in [-0.2, 0) is 6.18 Å². The van der Waals surface area contributed by atoms with Crippen molar-refractivity contribution >= 4 is 15.9 Å². The summed E-state index contributed by atoms with van der Waals surface area (Å²) in [6, 6.07) is 9.26. The van der Waals surface area contributed by atoms with E-state index in [0.29, 0.717) is 11.1 Å². The van der Waals surface area contributed by atoms with Crippen molar-refractivity contribution in [1.82, 2.24) is 5.32 Å². The Balaban J connectivity index is 2.49. The lowest BCUT2D eigenvalue weighted by Crippen LogP contribution is -2.19. The van der Waals surface area contributed by atoms with Crippen molar-refractivity contribution in [2.24, 2.45) is 0 Å². The van der Waals surface area contributed by atoms with Gasteiger partial charge in [-0.1, -0.05) is 34.1 Å². The molecule has 0 aliphatic heterocycles. The fourth-order valence-electron chi connectivity index (χ4n) is 2.15. The van der Waals surface area contributed by atoms with Crippen molar-refractivity contribution in [3.63, 3.8) is 0 Å². The van der Waals surface area contributed by atoms with Gasteiger partial charge in [-0.15, -0.1) is 0 Å². The van der Waals surface area contributed by atoms with Crippen molar-refractivity contribution in [3.8, 4) is 0 Å². The molecule has 6 heteroatoms. The molecule has 1 N–H and O–H groups in total. The fourth-order valence-corrected chi connectivity index (χ4v) is 2.62. The summed E-state index contributed by atoms with van der Waals surface area (Å²) >= 11 is 2.90. The van der Waals surface area contributed by atoms with Crippen LogP contribution >= 0.6 is 15.9 Å². The molecule has 0 aromatic heterocycles. The molecule has 112 valence electrons. The van der Waals surface area contributed by atoms with E-state index in [1.807, 2.05) is 0 Å². The maximum Gasteiger partial charge on any atom is 0.417 e. The summed E-state index contributed by atoms with van der Waals surface area (Å²) in [5.41, 5.74) is 0.225. The van der Waals surface area contributed by atoms with Gasteiger partial charge in [0.25, 0.3) is 0 Å². The quantitative estimate of drug-likeness (QED) is 0.765. The largest absolute Gasteiger partial charge is 0.417 e. The van der Waals surface area contributed by atoms with Gasteiger partial charge in [0.05, 0.1) is 11.6 Å². The zero-order chi connectivity index (χ0) is 15.6. The molecule has 2 rings (SSSR count). The normalized spacial score (nSPS) is 13.2. The summed E-state index contributed by atoms with van der Waals surface area (Å²) in [6.45, 7) is 0. The summed E-state index contributed by atoms with van der Waals surface area (Å²) in [4.78, 5) is 0. The van der Waals surface area contributed by atoms with Gasteiger partial charge >= 0.3 is 6.18 Å². The van der Waals surface area contributed by atoms with Crippen molar-refractivity contribution < 1.29 is 17.6 Å². The van der Waals surface area contributed by atoms with Crippen molar-refractivity contribution in [1.29, 1.82) is 0 Å². The van der Waals surface area contributed by atoms with Crippen LogP contribution in [0.15, 0.2) is 46.9 Å². The Morgan fingerprint density at radius 3 is 2.29 bits per heavy atom. The van der Waals surface area contributed by atoms with E-state index >= 15 is 0 Å². The average Bonchev–Trinajstić information content (AvgIpc) is 2.40. The van der Waals surface area contributed by atoms with E-state index in [9.17, 15) is 17.6 Å². The zero-order valence-electron chi connectivity index (χ0n) is 11.0. The maximum absolute atomic E-state index is 13.3. The number of halogens is 5. The summed E-state index contributed by atoms with van der Waals surface area (Å²) in [6.07, 6.45) is -4.45. The minimum atomic E-state index is -4.45. The zero-order valence-corrected chi connectivity index (χ0v) is 12.6. The number of rotatable bonds is 3. The van der Waals surface area contributed by atoms with E-state index in [2.05, 4.69) is 21.2 Å². The third kappa shape index (κ3) is 3.63. The predicted octanol–water partition coefficient (Wildman–Crippen LogP) is 4.92. The molecule has 0 aliphatic rings. The molecular weight excluding hydrogens is 350 g/mol. The van der Waals surface area contributed by atoms with Gasteiger partial charge in [0, 0.05) is 4.47 Å². The van der Waals surface area contributed by atoms with Crippen LogP contribution in [0.1, 0.15) is 22.7 Å². The van der Waals surface area contributed by atoms with Gasteiger partial charge in [0.15, 0.2) is 0 Å². The number of nitrogens with one attached hydrogen (secondary N) is 1. The molecule has 1 unspecified atom stereocenters. The molecule has 1 atom stereocenters. The minimum Gasteiger partial charge on any atom is -0.309 e. The number of alkyl halides is 3. The number of hydrogen-bond donors (Lipinski definition) is 1. The van der Waals surface area contributed by atoms with E-state index in [1.54, 1.807) is 19.2 Å². The van der Waals surface area contributed by atoms with E-state index < -0.39 is 23.6 Å². The third-order valence-electron chi connectivity index (χ3n) is 3.10. The van der Waals surface area contributed by atoms with Crippen LogP contribution < -0.4 is 5.32 Å². The Kier molecular flexibility index (Phi) is 4.68. The lowest BCUT2D eigenvalue weighted by atomic mass is 9.97. The van der Waals surface area contributed by atoms with Crippen LogP contribution in [-0.4, -0.2) is 7.05 Å². The minimum absolute atomic E-state index is 0.0205. The SMILES string of the molecule is CNC(c1cccc(F)c1)c1ccc(Br)c(C(F)(F)F)c1. The maximum atomic E-state index is 13.3. The summed E-state index contributed by atoms with van der Waals surface area (Å²) in [5.74, 6) is -0.430. The molecule has 21 heavy (non-hydrogen) atoms. The molecular formula is C15H12BrF4N. The Morgan fingerprint density at radius 2 is 1.71 bits per heavy atom. The standard InChI is InChI=1S/C15H12BrF4N/c1-21-14(9-3-2-4-11(17)7-9)10-5-6-13(16)12(8-10)15(18,19)20/h2-8,14,21H,1H3. The van der Waals surface area contributed by atoms with Crippen LogP contribution in [0, 0.1) is 5.82 Å². The first kappa shape index (κ1) is 16.0. The lowest BCUT2D eigenvalue weighted by Gasteiger charge is -2.19. The van der Waals surface area contributed by atoms with Gasteiger partial charge in [0.2, 0.25) is 0 Å². The predicted molar refractivity (Wildman–Crippen MR) is 76.4 cm³/mol. The molecule has 0 saturated carbocycles. The van der Waals surface area contributed by atoms with Gasteiger partial charge in [0.1, 0.15) is 5.82 Å². The van der Waals surface area contributed by atoms with E-state index in [-0.39, 0.29) is 4.47 Å².